The Morgan fingerprint density at radius 2 is 1.71 bits per heavy atom. The van der Waals surface area contributed by atoms with Crippen LogP contribution in [0.3, 0.4) is 0 Å². The third-order valence-corrected chi connectivity index (χ3v) is 3.50. The van der Waals surface area contributed by atoms with Gasteiger partial charge in [0.2, 0.25) is 6.41 Å². The number of benzene rings is 1. The highest BCUT2D eigenvalue weighted by Gasteiger charge is 2.25. The summed E-state index contributed by atoms with van der Waals surface area (Å²) in [5, 5.41) is 0. The van der Waals surface area contributed by atoms with Crippen molar-refractivity contribution in [3.05, 3.63) is 24.3 Å². The highest BCUT2D eigenvalue weighted by Crippen LogP contribution is 2.18. The van der Waals surface area contributed by atoms with E-state index in [1.165, 1.54) is 0 Å². The van der Waals surface area contributed by atoms with Gasteiger partial charge in [-0.1, -0.05) is 0 Å². The molecule has 2 amide bonds. The summed E-state index contributed by atoms with van der Waals surface area (Å²) in [6.45, 7) is 3.98. The highest BCUT2D eigenvalue weighted by molar-refractivity contribution is 5.81. The summed E-state index contributed by atoms with van der Waals surface area (Å²) in [7, 11) is 1.60. The van der Waals surface area contributed by atoms with Crippen molar-refractivity contribution in [2.45, 2.75) is 13.0 Å². The Labute approximate surface area is 124 Å². The SMILES string of the molecule is COc1ccc(OC(C)C(=O)N2CCN(C=O)CC2)cc1. The molecule has 1 aliphatic rings. The Morgan fingerprint density at radius 1 is 1.14 bits per heavy atom. The predicted octanol–water partition coefficient (Wildman–Crippen LogP) is 0.763. The first-order valence-electron chi connectivity index (χ1n) is 6.93. The van der Waals surface area contributed by atoms with Crippen molar-refractivity contribution in [2.75, 3.05) is 33.3 Å². The van der Waals surface area contributed by atoms with Crippen LogP contribution in [-0.2, 0) is 9.59 Å². The van der Waals surface area contributed by atoms with Gasteiger partial charge in [0, 0.05) is 26.2 Å². The molecular formula is C15H20N2O4. The zero-order valence-corrected chi connectivity index (χ0v) is 12.3. The summed E-state index contributed by atoms with van der Waals surface area (Å²) < 4.78 is 10.7. The fourth-order valence-corrected chi connectivity index (χ4v) is 2.21. The Bertz CT molecular complexity index is 481. The number of carbonyl (C=O) groups is 2. The molecule has 0 bridgehead atoms. The van der Waals surface area contributed by atoms with Crippen LogP contribution in [0.25, 0.3) is 0 Å². The lowest BCUT2D eigenvalue weighted by atomic mass is 10.2. The van der Waals surface area contributed by atoms with Gasteiger partial charge in [0.1, 0.15) is 11.5 Å². The van der Waals surface area contributed by atoms with Crippen LogP contribution in [0.2, 0.25) is 0 Å². The fourth-order valence-electron chi connectivity index (χ4n) is 2.21. The number of hydrogen-bond acceptors (Lipinski definition) is 4. The zero-order chi connectivity index (χ0) is 15.2. The van der Waals surface area contributed by atoms with Crippen LogP contribution < -0.4 is 9.47 Å². The molecule has 1 saturated heterocycles. The lowest BCUT2D eigenvalue weighted by molar-refractivity contribution is -0.141. The largest absolute Gasteiger partial charge is 0.497 e. The van der Waals surface area contributed by atoms with Crippen molar-refractivity contribution in [2.24, 2.45) is 0 Å². The normalized spacial score (nSPS) is 16.3. The van der Waals surface area contributed by atoms with E-state index in [9.17, 15) is 9.59 Å². The first-order valence-corrected chi connectivity index (χ1v) is 6.93. The van der Waals surface area contributed by atoms with E-state index in [0.29, 0.717) is 31.9 Å². The third kappa shape index (κ3) is 3.87. The second-order valence-electron chi connectivity index (χ2n) is 4.90. The molecule has 114 valence electrons. The van der Waals surface area contributed by atoms with Crippen molar-refractivity contribution in [3.8, 4) is 11.5 Å². The maximum Gasteiger partial charge on any atom is 0.263 e. The standard InChI is InChI=1S/C15H20N2O4/c1-12(21-14-5-3-13(20-2)4-6-14)15(19)17-9-7-16(11-18)8-10-17/h3-6,11-12H,7-10H2,1-2H3. The number of nitrogens with zero attached hydrogens (tertiary/aromatic N) is 2. The lowest BCUT2D eigenvalue weighted by Crippen LogP contribution is -2.51. The molecule has 0 aromatic heterocycles. The molecule has 1 fully saturated rings. The molecule has 1 unspecified atom stereocenters. The number of methoxy groups -OCH3 is 1. The molecule has 0 radical (unpaired) electrons. The van der Waals surface area contributed by atoms with Gasteiger partial charge in [-0.15, -0.1) is 0 Å². The molecule has 6 heteroatoms. The van der Waals surface area contributed by atoms with E-state index < -0.39 is 6.10 Å². The topological polar surface area (TPSA) is 59.1 Å². The van der Waals surface area contributed by atoms with Gasteiger partial charge in [-0.25, -0.2) is 0 Å². The van der Waals surface area contributed by atoms with Crippen molar-refractivity contribution in [1.29, 1.82) is 0 Å². The first-order chi connectivity index (χ1) is 10.1. The van der Waals surface area contributed by atoms with Gasteiger partial charge >= 0.3 is 0 Å². The van der Waals surface area contributed by atoms with Crippen LogP contribution in [0.15, 0.2) is 24.3 Å². The van der Waals surface area contributed by atoms with Gasteiger partial charge in [-0.2, -0.15) is 0 Å². The molecule has 6 nitrogen and oxygen atoms in total. The quantitative estimate of drug-likeness (QED) is 0.752. The fraction of sp³-hybridized carbons (Fsp3) is 0.467. The zero-order valence-electron chi connectivity index (χ0n) is 12.3. The Balaban J connectivity index is 1.88. The molecule has 0 saturated carbocycles. The summed E-state index contributed by atoms with van der Waals surface area (Å²) >= 11 is 0. The number of rotatable bonds is 5. The number of ether oxygens (including phenoxy) is 2. The molecule has 1 atom stereocenters. The molecule has 0 N–H and O–H groups in total. The van der Waals surface area contributed by atoms with E-state index >= 15 is 0 Å². The van der Waals surface area contributed by atoms with E-state index in [2.05, 4.69) is 0 Å². The van der Waals surface area contributed by atoms with Gasteiger partial charge in [0.25, 0.3) is 5.91 Å². The average molecular weight is 292 g/mol. The van der Waals surface area contributed by atoms with Crippen LogP contribution >= 0.6 is 0 Å². The molecule has 2 rings (SSSR count). The molecule has 1 aromatic carbocycles. The Hall–Kier alpha value is -2.24. The maximum atomic E-state index is 12.3. The van der Waals surface area contributed by atoms with Crippen LogP contribution in [0, 0.1) is 0 Å². The number of piperazine rings is 1. The summed E-state index contributed by atoms with van der Waals surface area (Å²) in [5.74, 6) is 1.31. The monoisotopic (exact) mass is 292 g/mol. The maximum absolute atomic E-state index is 12.3. The second-order valence-corrected chi connectivity index (χ2v) is 4.90. The van der Waals surface area contributed by atoms with Gasteiger partial charge in [-0.3, -0.25) is 9.59 Å². The van der Waals surface area contributed by atoms with Crippen LogP contribution in [0.1, 0.15) is 6.92 Å². The van der Waals surface area contributed by atoms with Crippen LogP contribution in [0.4, 0.5) is 0 Å². The average Bonchev–Trinajstić information content (AvgIpc) is 2.55. The van der Waals surface area contributed by atoms with Crippen molar-refractivity contribution in [3.63, 3.8) is 0 Å². The van der Waals surface area contributed by atoms with E-state index in [1.807, 2.05) is 0 Å². The van der Waals surface area contributed by atoms with Gasteiger partial charge in [0.05, 0.1) is 7.11 Å². The van der Waals surface area contributed by atoms with Crippen LogP contribution in [-0.4, -0.2) is 61.5 Å². The molecule has 1 aromatic rings. The number of amides is 2. The second kappa shape index (κ2) is 6.97. The third-order valence-electron chi connectivity index (χ3n) is 3.50. The Morgan fingerprint density at radius 3 is 2.24 bits per heavy atom. The highest BCUT2D eigenvalue weighted by atomic mass is 16.5. The smallest absolute Gasteiger partial charge is 0.263 e. The molecular weight excluding hydrogens is 272 g/mol. The number of hydrogen-bond donors (Lipinski definition) is 0. The van der Waals surface area contributed by atoms with E-state index in [4.69, 9.17) is 9.47 Å². The first kappa shape index (κ1) is 15.2. The molecule has 1 aliphatic heterocycles. The van der Waals surface area contributed by atoms with E-state index in [1.54, 1.807) is 48.1 Å². The van der Waals surface area contributed by atoms with Crippen molar-refractivity contribution >= 4 is 12.3 Å². The van der Waals surface area contributed by atoms with E-state index in [0.717, 1.165) is 12.2 Å². The summed E-state index contributed by atoms with van der Waals surface area (Å²) in [6, 6.07) is 7.12. The molecule has 0 aliphatic carbocycles. The Kier molecular flexibility index (Phi) is 5.03. The minimum atomic E-state index is -0.554. The summed E-state index contributed by atoms with van der Waals surface area (Å²) in [5.41, 5.74) is 0. The van der Waals surface area contributed by atoms with Gasteiger partial charge in [0.15, 0.2) is 6.10 Å². The van der Waals surface area contributed by atoms with Gasteiger partial charge < -0.3 is 19.3 Å². The van der Waals surface area contributed by atoms with Crippen LogP contribution in [0.5, 0.6) is 11.5 Å². The molecule has 1 heterocycles. The molecule has 0 spiro atoms. The van der Waals surface area contributed by atoms with Crippen molar-refractivity contribution in [1.82, 2.24) is 9.80 Å². The molecule has 21 heavy (non-hydrogen) atoms. The predicted molar refractivity (Wildman–Crippen MR) is 77.3 cm³/mol. The number of carbonyl (C=O) groups excluding carboxylic acids is 2. The van der Waals surface area contributed by atoms with Gasteiger partial charge in [-0.05, 0) is 31.2 Å². The summed E-state index contributed by atoms with van der Waals surface area (Å²) in [4.78, 5) is 26.3. The minimum Gasteiger partial charge on any atom is -0.497 e. The minimum absolute atomic E-state index is 0.0589. The van der Waals surface area contributed by atoms with E-state index in [-0.39, 0.29) is 5.91 Å². The lowest BCUT2D eigenvalue weighted by Gasteiger charge is -2.33. The summed E-state index contributed by atoms with van der Waals surface area (Å²) in [6.07, 6.45) is 0.264. The van der Waals surface area contributed by atoms with Crippen molar-refractivity contribution < 1.29 is 19.1 Å².